The molecule has 0 fully saturated rings. The lowest BCUT2D eigenvalue weighted by Gasteiger charge is -2.23. The summed E-state index contributed by atoms with van der Waals surface area (Å²) in [5.74, 6) is 0.375. The van der Waals surface area contributed by atoms with E-state index in [-0.39, 0.29) is 5.56 Å². The van der Waals surface area contributed by atoms with Crippen molar-refractivity contribution < 1.29 is 18.3 Å². The van der Waals surface area contributed by atoms with Gasteiger partial charge in [0.05, 0.1) is 17.7 Å². The number of hydrogen-bond acceptors (Lipinski definition) is 2. The van der Waals surface area contributed by atoms with Crippen LogP contribution >= 0.6 is 0 Å². The van der Waals surface area contributed by atoms with E-state index in [1.54, 1.807) is 0 Å². The molecule has 0 aliphatic heterocycles. The molecule has 19 heavy (non-hydrogen) atoms. The molecule has 0 heterocycles. The minimum Gasteiger partial charge on any atom is -0.391 e. The largest absolute Gasteiger partial charge is 0.416 e. The van der Waals surface area contributed by atoms with E-state index < -0.39 is 23.9 Å². The molecule has 1 rings (SSSR count). The predicted molar refractivity (Wildman–Crippen MR) is 68.5 cm³/mol. The van der Waals surface area contributed by atoms with Crippen LogP contribution in [-0.4, -0.2) is 11.2 Å². The fourth-order valence-electron chi connectivity index (χ4n) is 1.94. The maximum atomic E-state index is 12.8. The van der Waals surface area contributed by atoms with Gasteiger partial charge in [0.15, 0.2) is 0 Å². The molecule has 0 saturated heterocycles. The van der Waals surface area contributed by atoms with Crippen LogP contribution in [0.4, 0.5) is 13.2 Å². The molecule has 1 aromatic rings. The SMILES string of the molecule is CC(C)CC[C@H](O)[C@H](N)c1ccccc1C(F)(F)F. The van der Waals surface area contributed by atoms with Crippen molar-refractivity contribution in [3.05, 3.63) is 35.4 Å². The molecule has 0 saturated carbocycles. The van der Waals surface area contributed by atoms with Gasteiger partial charge >= 0.3 is 6.18 Å². The maximum absolute atomic E-state index is 12.8. The minimum absolute atomic E-state index is 0.0498. The van der Waals surface area contributed by atoms with E-state index in [9.17, 15) is 18.3 Å². The average Bonchev–Trinajstić information content (AvgIpc) is 2.34. The van der Waals surface area contributed by atoms with E-state index in [0.29, 0.717) is 12.3 Å². The van der Waals surface area contributed by atoms with Crippen molar-refractivity contribution in [2.45, 2.75) is 45.0 Å². The second-order valence-electron chi connectivity index (χ2n) is 5.15. The highest BCUT2D eigenvalue weighted by molar-refractivity contribution is 5.32. The molecule has 3 N–H and O–H groups in total. The molecule has 0 aliphatic carbocycles. The molecule has 0 radical (unpaired) electrons. The van der Waals surface area contributed by atoms with Gasteiger partial charge in [-0.2, -0.15) is 13.2 Å². The summed E-state index contributed by atoms with van der Waals surface area (Å²) in [5, 5.41) is 9.92. The van der Waals surface area contributed by atoms with Crippen LogP contribution in [0.25, 0.3) is 0 Å². The smallest absolute Gasteiger partial charge is 0.391 e. The lowest BCUT2D eigenvalue weighted by molar-refractivity contribution is -0.138. The molecule has 5 heteroatoms. The molecule has 1 aromatic carbocycles. The van der Waals surface area contributed by atoms with E-state index in [0.717, 1.165) is 12.5 Å². The summed E-state index contributed by atoms with van der Waals surface area (Å²) in [5.41, 5.74) is 4.95. The Morgan fingerprint density at radius 2 is 1.74 bits per heavy atom. The van der Waals surface area contributed by atoms with Crippen LogP contribution in [0.1, 0.15) is 43.9 Å². The van der Waals surface area contributed by atoms with Crippen LogP contribution in [0.2, 0.25) is 0 Å². The number of alkyl halides is 3. The highest BCUT2D eigenvalue weighted by atomic mass is 19.4. The first-order chi connectivity index (χ1) is 8.73. The van der Waals surface area contributed by atoms with E-state index in [4.69, 9.17) is 5.73 Å². The average molecular weight is 275 g/mol. The summed E-state index contributed by atoms with van der Waals surface area (Å²) < 4.78 is 38.5. The second kappa shape index (κ2) is 6.39. The number of aliphatic hydroxyl groups excluding tert-OH is 1. The first-order valence-electron chi connectivity index (χ1n) is 6.33. The van der Waals surface area contributed by atoms with Crippen molar-refractivity contribution in [3.63, 3.8) is 0 Å². The monoisotopic (exact) mass is 275 g/mol. The first kappa shape index (κ1) is 16.0. The van der Waals surface area contributed by atoms with Crippen LogP contribution in [0.15, 0.2) is 24.3 Å². The van der Waals surface area contributed by atoms with Crippen LogP contribution < -0.4 is 5.73 Å². The maximum Gasteiger partial charge on any atom is 0.416 e. The van der Waals surface area contributed by atoms with Crippen molar-refractivity contribution in [3.8, 4) is 0 Å². The van der Waals surface area contributed by atoms with Gasteiger partial charge in [-0.25, -0.2) is 0 Å². The molecule has 0 bridgehead atoms. The third kappa shape index (κ3) is 4.51. The van der Waals surface area contributed by atoms with Gasteiger partial charge in [0.1, 0.15) is 0 Å². The highest BCUT2D eigenvalue weighted by Gasteiger charge is 2.35. The number of nitrogens with two attached hydrogens (primary N) is 1. The Bertz CT molecular complexity index is 404. The van der Waals surface area contributed by atoms with Crippen molar-refractivity contribution >= 4 is 0 Å². The summed E-state index contributed by atoms with van der Waals surface area (Å²) in [7, 11) is 0. The molecule has 0 spiro atoms. The van der Waals surface area contributed by atoms with Crippen molar-refractivity contribution in [1.29, 1.82) is 0 Å². The van der Waals surface area contributed by atoms with Gasteiger partial charge in [-0.15, -0.1) is 0 Å². The van der Waals surface area contributed by atoms with Gasteiger partial charge in [0, 0.05) is 0 Å². The van der Waals surface area contributed by atoms with Gasteiger partial charge in [-0.05, 0) is 30.4 Å². The Kier molecular flexibility index (Phi) is 5.38. The van der Waals surface area contributed by atoms with Crippen LogP contribution in [0, 0.1) is 5.92 Å². The summed E-state index contributed by atoms with van der Waals surface area (Å²) in [6.45, 7) is 3.98. The molecule has 108 valence electrons. The number of aliphatic hydroxyl groups is 1. The molecule has 0 aliphatic rings. The molecule has 2 nitrogen and oxygen atoms in total. The Labute approximate surface area is 111 Å². The first-order valence-corrected chi connectivity index (χ1v) is 6.33. The summed E-state index contributed by atoms with van der Waals surface area (Å²) >= 11 is 0. The third-order valence-corrected chi connectivity index (χ3v) is 3.08. The van der Waals surface area contributed by atoms with Gasteiger partial charge in [-0.3, -0.25) is 0 Å². The second-order valence-corrected chi connectivity index (χ2v) is 5.15. The highest BCUT2D eigenvalue weighted by Crippen LogP contribution is 2.35. The Hall–Kier alpha value is -1.07. The van der Waals surface area contributed by atoms with E-state index in [1.807, 2.05) is 13.8 Å². The van der Waals surface area contributed by atoms with E-state index >= 15 is 0 Å². The Balaban J connectivity index is 2.90. The summed E-state index contributed by atoms with van der Waals surface area (Å²) in [4.78, 5) is 0. The molecule has 0 aromatic heterocycles. The Morgan fingerprint density at radius 1 is 1.16 bits per heavy atom. The van der Waals surface area contributed by atoms with Crippen molar-refractivity contribution in [1.82, 2.24) is 0 Å². The standard InChI is InChI=1S/C14H20F3NO/c1-9(2)7-8-12(19)13(18)10-5-3-4-6-11(10)14(15,16)17/h3-6,9,12-13,19H,7-8,18H2,1-2H3/t12-,13+/m0/s1. The number of benzene rings is 1. The van der Waals surface area contributed by atoms with Gasteiger partial charge in [-0.1, -0.05) is 32.0 Å². The summed E-state index contributed by atoms with van der Waals surface area (Å²) in [6, 6.07) is 4.12. The van der Waals surface area contributed by atoms with E-state index in [2.05, 4.69) is 0 Å². The van der Waals surface area contributed by atoms with Gasteiger partial charge < -0.3 is 10.8 Å². The van der Waals surface area contributed by atoms with Crippen LogP contribution in [0.5, 0.6) is 0 Å². The lowest BCUT2D eigenvalue weighted by Crippen LogP contribution is -2.28. The Morgan fingerprint density at radius 3 is 2.26 bits per heavy atom. The minimum atomic E-state index is -4.45. The molecular formula is C14H20F3NO. The van der Waals surface area contributed by atoms with Crippen LogP contribution in [0.3, 0.4) is 0 Å². The zero-order valence-corrected chi connectivity index (χ0v) is 11.1. The quantitative estimate of drug-likeness (QED) is 0.864. The molecular weight excluding hydrogens is 255 g/mol. The number of hydrogen-bond donors (Lipinski definition) is 2. The molecule has 2 atom stereocenters. The van der Waals surface area contributed by atoms with Gasteiger partial charge in [0.2, 0.25) is 0 Å². The molecule has 0 amide bonds. The number of halogens is 3. The van der Waals surface area contributed by atoms with Crippen LogP contribution in [-0.2, 0) is 6.18 Å². The van der Waals surface area contributed by atoms with E-state index in [1.165, 1.54) is 18.2 Å². The normalized spacial score (nSPS) is 15.6. The summed E-state index contributed by atoms with van der Waals surface area (Å²) in [6.07, 6.45) is -4.30. The predicted octanol–water partition coefficient (Wildman–Crippen LogP) is 3.50. The third-order valence-electron chi connectivity index (χ3n) is 3.08. The molecule has 0 unspecified atom stereocenters. The fraction of sp³-hybridized carbons (Fsp3) is 0.571. The lowest BCUT2D eigenvalue weighted by atomic mass is 9.93. The fourth-order valence-corrected chi connectivity index (χ4v) is 1.94. The number of rotatable bonds is 5. The zero-order valence-electron chi connectivity index (χ0n) is 11.1. The zero-order chi connectivity index (χ0) is 14.6. The van der Waals surface area contributed by atoms with Crippen molar-refractivity contribution in [2.75, 3.05) is 0 Å². The van der Waals surface area contributed by atoms with Crippen molar-refractivity contribution in [2.24, 2.45) is 11.7 Å². The topological polar surface area (TPSA) is 46.2 Å². The van der Waals surface area contributed by atoms with Gasteiger partial charge in [0.25, 0.3) is 0 Å².